The molecule has 0 fully saturated rings. The van der Waals surface area contributed by atoms with Crippen molar-refractivity contribution in [3.63, 3.8) is 0 Å². The maximum Gasteiger partial charge on any atom is 0.311 e. The van der Waals surface area contributed by atoms with Crippen LogP contribution in [0.3, 0.4) is 0 Å². The molecule has 1 N–H and O–H groups in total. The van der Waals surface area contributed by atoms with Gasteiger partial charge in [-0.1, -0.05) is 0 Å². The summed E-state index contributed by atoms with van der Waals surface area (Å²) in [5.41, 5.74) is 0. The average molecular weight is 126 g/mol. The van der Waals surface area contributed by atoms with Crippen LogP contribution in [0.15, 0.2) is 22.8 Å². The molecule has 1 aromatic rings. The van der Waals surface area contributed by atoms with Gasteiger partial charge in [0.2, 0.25) is 0 Å². The normalized spacial score (nSPS) is 9.33. The SMILES string of the molecule is O=C(O)Cc1ccco1. The fourth-order valence-electron chi connectivity index (χ4n) is 0.562. The second kappa shape index (κ2) is 2.35. The van der Waals surface area contributed by atoms with Crippen molar-refractivity contribution in [2.24, 2.45) is 0 Å². The van der Waals surface area contributed by atoms with Gasteiger partial charge in [0.25, 0.3) is 0 Å². The number of carbonyl (C=O) groups is 1. The van der Waals surface area contributed by atoms with Gasteiger partial charge in [-0.05, 0) is 12.1 Å². The van der Waals surface area contributed by atoms with Gasteiger partial charge in [0.1, 0.15) is 12.2 Å². The standard InChI is InChI=1S/C6H6O3/c7-6(8)4-5-2-1-3-9-5/h1-3H,4H2,(H,7,8). The van der Waals surface area contributed by atoms with Gasteiger partial charge in [-0.2, -0.15) is 0 Å². The number of aliphatic carboxylic acids is 1. The first-order chi connectivity index (χ1) is 4.29. The third kappa shape index (κ3) is 1.60. The van der Waals surface area contributed by atoms with Gasteiger partial charge in [-0.15, -0.1) is 0 Å². The lowest BCUT2D eigenvalue weighted by molar-refractivity contribution is -0.136. The maximum atomic E-state index is 10.0. The van der Waals surface area contributed by atoms with Crippen LogP contribution in [-0.2, 0) is 11.2 Å². The Labute approximate surface area is 51.9 Å². The minimum Gasteiger partial charge on any atom is -0.481 e. The van der Waals surface area contributed by atoms with E-state index in [1.807, 2.05) is 0 Å². The molecule has 0 aliphatic carbocycles. The van der Waals surface area contributed by atoms with Crippen LogP contribution in [0.2, 0.25) is 0 Å². The molecule has 0 atom stereocenters. The minimum absolute atomic E-state index is 0.0347. The second-order valence-electron chi connectivity index (χ2n) is 1.65. The maximum absolute atomic E-state index is 10.0. The van der Waals surface area contributed by atoms with E-state index in [-0.39, 0.29) is 6.42 Å². The molecule has 0 spiro atoms. The van der Waals surface area contributed by atoms with Crippen LogP contribution in [0.1, 0.15) is 5.76 Å². The number of furan rings is 1. The first-order valence-electron chi connectivity index (χ1n) is 2.53. The molecule has 0 aliphatic heterocycles. The summed E-state index contributed by atoms with van der Waals surface area (Å²) in [6, 6.07) is 3.30. The summed E-state index contributed by atoms with van der Waals surface area (Å²) < 4.78 is 4.76. The van der Waals surface area contributed by atoms with E-state index in [0.717, 1.165) is 0 Å². The number of carboxylic acids is 1. The predicted molar refractivity (Wildman–Crippen MR) is 30.0 cm³/mol. The number of hydrogen-bond acceptors (Lipinski definition) is 2. The molecule has 1 aromatic heterocycles. The van der Waals surface area contributed by atoms with E-state index in [1.54, 1.807) is 12.1 Å². The highest BCUT2D eigenvalue weighted by molar-refractivity contribution is 5.69. The number of carboxylic acid groups (broad SMARTS) is 1. The van der Waals surface area contributed by atoms with Crippen LogP contribution < -0.4 is 0 Å². The molecule has 9 heavy (non-hydrogen) atoms. The largest absolute Gasteiger partial charge is 0.481 e. The predicted octanol–water partition coefficient (Wildman–Crippen LogP) is 0.907. The van der Waals surface area contributed by atoms with E-state index < -0.39 is 5.97 Å². The fourth-order valence-corrected chi connectivity index (χ4v) is 0.562. The molecular weight excluding hydrogens is 120 g/mol. The number of rotatable bonds is 2. The van der Waals surface area contributed by atoms with Gasteiger partial charge in [-0.25, -0.2) is 0 Å². The van der Waals surface area contributed by atoms with Crippen LogP contribution in [0.5, 0.6) is 0 Å². The van der Waals surface area contributed by atoms with E-state index in [2.05, 4.69) is 0 Å². The Morgan fingerprint density at radius 2 is 2.56 bits per heavy atom. The van der Waals surface area contributed by atoms with Crippen molar-refractivity contribution in [2.45, 2.75) is 6.42 Å². The Morgan fingerprint density at radius 1 is 1.78 bits per heavy atom. The molecule has 0 aromatic carbocycles. The molecule has 0 saturated heterocycles. The van der Waals surface area contributed by atoms with Crippen molar-refractivity contribution >= 4 is 5.97 Å². The summed E-state index contributed by atoms with van der Waals surface area (Å²) in [6.07, 6.45) is 1.42. The monoisotopic (exact) mass is 126 g/mol. The lowest BCUT2D eigenvalue weighted by Gasteiger charge is -1.85. The molecule has 0 saturated carbocycles. The third-order valence-corrected chi connectivity index (χ3v) is 0.906. The lowest BCUT2D eigenvalue weighted by atomic mass is 10.3. The summed E-state index contributed by atoms with van der Waals surface area (Å²) in [4.78, 5) is 10.0. The van der Waals surface area contributed by atoms with Crippen molar-refractivity contribution in [3.8, 4) is 0 Å². The van der Waals surface area contributed by atoms with Crippen molar-refractivity contribution in [2.75, 3.05) is 0 Å². The van der Waals surface area contributed by atoms with Crippen LogP contribution >= 0.6 is 0 Å². The molecule has 1 heterocycles. The minimum atomic E-state index is -0.870. The Morgan fingerprint density at radius 3 is 3.00 bits per heavy atom. The Kier molecular flexibility index (Phi) is 1.53. The molecule has 48 valence electrons. The molecule has 1 rings (SSSR count). The van der Waals surface area contributed by atoms with Crippen molar-refractivity contribution in [1.29, 1.82) is 0 Å². The first kappa shape index (κ1) is 5.88. The van der Waals surface area contributed by atoms with Crippen molar-refractivity contribution < 1.29 is 14.3 Å². The van der Waals surface area contributed by atoms with Crippen molar-refractivity contribution in [3.05, 3.63) is 24.2 Å². The molecular formula is C6H6O3. The fraction of sp³-hybridized carbons (Fsp3) is 0.167. The van der Waals surface area contributed by atoms with E-state index >= 15 is 0 Å². The first-order valence-corrected chi connectivity index (χ1v) is 2.53. The Balaban J connectivity index is 2.58. The molecule has 0 radical (unpaired) electrons. The van der Waals surface area contributed by atoms with Gasteiger partial charge < -0.3 is 9.52 Å². The van der Waals surface area contributed by atoms with Crippen molar-refractivity contribution in [1.82, 2.24) is 0 Å². The van der Waals surface area contributed by atoms with Crippen LogP contribution in [0.25, 0.3) is 0 Å². The summed E-state index contributed by atoms with van der Waals surface area (Å²) in [5.74, 6) is -0.382. The highest BCUT2D eigenvalue weighted by Crippen LogP contribution is 1.99. The Hall–Kier alpha value is -1.25. The molecule has 3 nitrogen and oxygen atoms in total. The van der Waals surface area contributed by atoms with Crippen LogP contribution in [-0.4, -0.2) is 11.1 Å². The van der Waals surface area contributed by atoms with E-state index in [9.17, 15) is 4.79 Å². The highest BCUT2D eigenvalue weighted by Gasteiger charge is 2.00. The third-order valence-electron chi connectivity index (χ3n) is 0.906. The second-order valence-corrected chi connectivity index (χ2v) is 1.65. The van der Waals surface area contributed by atoms with Gasteiger partial charge in [-0.3, -0.25) is 4.79 Å². The summed E-state index contributed by atoms with van der Waals surface area (Å²) in [6.45, 7) is 0. The zero-order valence-corrected chi connectivity index (χ0v) is 4.70. The molecule has 0 amide bonds. The quantitative estimate of drug-likeness (QED) is 0.640. The smallest absolute Gasteiger partial charge is 0.311 e. The summed E-state index contributed by atoms with van der Waals surface area (Å²) in [7, 11) is 0. The van der Waals surface area contributed by atoms with Crippen LogP contribution in [0, 0.1) is 0 Å². The average Bonchev–Trinajstić information content (AvgIpc) is 2.15. The zero-order chi connectivity index (χ0) is 6.69. The van der Waals surface area contributed by atoms with Crippen LogP contribution in [0.4, 0.5) is 0 Å². The van der Waals surface area contributed by atoms with Gasteiger partial charge in [0.15, 0.2) is 0 Å². The van der Waals surface area contributed by atoms with Gasteiger partial charge in [0.05, 0.1) is 6.26 Å². The number of hydrogen-bond donors (Lipinski definition) is 1. The highest BCUT2D eigenvalue weighted by atomic mass is 16.4. The summed E-state index contributed by atoms with van der Waals surface area (Å²) in [5, 5.41) is 8.23. The van der Waals surface area contributed by atoms with E-state index in [4.69, 9.17) is 9.52 Å². The topological polar surface area (TPSA) is 50.4 Å². The molecule has 3 heteroatoms. The lowest BCUT2D eigenvalue weighted by Crippen LogP contribution is -1.97. The zero-order valence-electron chi connectivity index (χ0n) is 4.70. The molecule has 0 aliphatic rings. The van der Waals surface area contributed by atoms with Gasteiger partial charge in [0, 0.05) is 0 Å². The molecule has 0 bridgehead atoms. The molecule has 0 unspecified atom stereocenters. The van der Waals surface area contributed by atoms with E-state index in [1.165, 1.54) is 6.26 Å². The summed E-state index contributed by atoms with van der Waals surface area (Å²) >= 11 is 0. The van der Waals surface area contributed by atoms with E-state index in [0.29, 0.717) is 5.76 Å². The Bertz CT molecular complexity index is 188. The van der Waals surface area contributed by atoms with Gasteiger partial charge >= 0.3 is 5.97 Å².